The summed E-state index contributed by atoms with van der Waals surface area (Å²) in [5, 5.41) is 17.4. The van der Waals surface area contributed by atoms with Crippen LogP contribution in [0.25, 0.3) is 0 Å². The fraction of sp³-hybridized carbons (Fsp3) is 0.857. The summed E-state index contributed by atoms with van der Waals surface area (Å²) in [6.45, 7) is 4.48. The van der Waals surface area contributed by atoms with E-state index in [1.165, 1.54) is 0 Å². The average Bonchev–Trinajstić information content (AvgIpc) is 2.90. The van der Waals surface area contributed by atoms with Gasteiger partial charge in [-0.1, -0.05) is 26.7 Å². The Bertz CT molecular complexity index is 583. The van der Waals surface area contributed by atoms with Crippen LogP contribution in [-0.2, 0) is 38.1 Å². The average molecular weight is 547 g/mol. The molecule has 0 aromatic carbocycles. The normalized spacial score (nSPS) is 12.4. The molecule has 0 rings (SSSR count). The third-order valence-electron chi connectivity index (χ3n) is 6.04. The summed E-state index contributed by atoms with van der Waals surface area (Å²) in [4.78, 5) is 47.3. The van der Waals surface area contributed by atoms with E-state index >= 15 is 0 Å². The van der Waals surface area contributed by atoms with Crippen LogP contribution < -0.4 is 0 Å². The standard InChI is InChI=1S/C28H50O10/c1-23(13-7-11-19-35-25(31)15-5-3-9-17-29)27(33)37-21-22-38-28(34)24(2)14-8-12-20-36-26(32)16-6-4-10-18-30/h23-24,29-30H,3-22H2,1-2H3/t23-,24-/m0/s1. The number of aliphatic hydroxyl groups excluding tert-OH is 2. The molecular formula is C28H50O10. The summed E-state index contributed by atoms with van der Waals surface area (Å²) in [5.74, 6) is -1.76. The third-order valence-corrected chi connectivity index (χ3v) is 6.04. The molecule has 38 heavy (non-hydrogen) atoms. The first-order valence-corrected chi connectivity index (χ1v) is 14.2. The molecule has 0 amide bonds. The molecule has 0 heterocycles. The molecular weight excluding hydrogens is 496 g/mol. The minimum atomic E-state index is -0.349. The van der Waals surface area contributed by atoms with Crippen LogP contribution in [0.3, 0.4) is 0 Å². The monoisotopic (exact) mass is 546 g/mol. The van der Waals surface area contributed by atoms with Crippen LogP contribution in [0.5, 0.6) is 0 Å². The molecule has 0 aliphatic heterocycles. The first-order chi connectivity index (χ1) is 18.3. The maximum Gasteiger partial charge on any atom is 0.308 e. The minimum Gasteiger partial charge on any atom is -0.466 e. The van der Waals surface area contributed by atoms with E-state index in [0.717, 1.165) is 25.7 Å². The Balaban J connectivity index is 3.71. The van der Waals surface area contributed by atoms with E-state index in [4.69, 9.17) is 29.2 Å². The van der Waals surface area contributed by atoms with E-state index in [2.05, 4.69) is 0 Å². The Labute approximate surface area is 227 Å². The van der Waals surface area contributed by atoms with Crippen LogP contribution in [0.2, 0.25) is 0 Å². The molecule has 2 N–H and O–H groups in total. The Hall–Kier alpha value is -2.20. The number of aliphatic hydroxyl groups is 2. The van der Waals surface area contributed by atoms with Crippen molar-refractivity contribution < 1.29 is 48.3 Å². The zero-order valence-electron chi connectivity index (χ0n) is 23.5. The van der Waals surface area contributed by atoms with Gasteiger partial charge in [0.2, 0.25) is 0 Å². The van der Waals surface area contributed by atoms with Gasteiger partial charge >= 0.3 is 23.9 Å². The van der Waals surface area contributed by atoms with Crippen molar-refractivity contribution in [2.24, 2.45) is 11.8 Å². The number of rotatable bonds is 25. The number of esters is 4. The molecule has 0 radical (unpaired) electrons. The van der Waals surface area contributed by atoms with E-state index in [1.807, 2.05) is 0 Å². The molecule has 0 aliphatic carbocycles. The quantitative estimate of drug-likeness (QED) is 0.0982. The van der Waals surface area contributed by atoms with Gasteiger partial charge in [-0.25, -0.2) is 0 Å². The van der Waals surface area contributed by atoms with Gasteiger partial charge in [0.15, 0.2) is 0 Å². The second-order valence-corrected chi connectivity index (χ2v) is 9.64. The van der Waals surface area contributed by atoms with Gasteiger partial charge in [-0.3, -0.25) is 19.2 Å². The molecule has 222 valence electrons. The fourth-order valence-corrected chi connectivity index (χ4v) is 3.54. The Morgan fingerprint density at radius 1 is 0.500 bits per heavy atom. The molecule has 10 nitrogen and oxygen atoms in total. The van der Waals surface area contributed by atoms with Gasteiger partial charge in [-0.05, 0) is 64.2 Å². The number of carbonyl (C=O) groups is 4. The Kier molecular flexibility index (Phi) is 23.6. The van der Waals surface area contributed by atoms with Gasteiger partial charge in [0, 0.05) is 26.1 Å². The lowest BCUT2D eigenvalue weighted by atomic mass is 10.0. The summed E-state index contributed by atoms with van der Waals surface area (Å²) in [6, 6.07) is 0. The summed E-state index contributed by atoms with van der Waals surface area (Å²) >= 11 is 0. The van der Waals surface area contributed by atoms with Crippen LogP contribution in [0.15, 0.2) is 0 Å². The van der Waals surface area contributed by atoms with Crippen LogP contribution in [0, 0.1) is 11.8 Å². The molecule has 0 aromatic rings. The lowest BCUT2D eigenvalue weighted by molar-refractivity contribution is -0.157. The molecule has 0 saturated heterocycles. The van der Waals surface area contributed by atoms with E-state index in [1.54, 1.807) is 13.8 Å². The summed E-state index contributed by atoms with van der Waals surface area (Å²) < 4.78 is 20.7. The number of hydrogen-bond acceptors (Lipinski definition) is 10. The van der Waals surface area contributed by atoms with Crippen molar-refractivity contribution in [2.45, 2.75) is 104 Å². The third kappa shape index (κ3) is 21.8. The van der Waals surface area contributed by atoms with E-state index < -0.39 is 0 Å². The maximum atomic E-state index is 12.1. The number of hydrogen-bond donors (Lipinski definition) is 2. The van der Waals surface area contributed by atoms with Crippen molar-refractivity contribution in [1.82, 2.24) is 0 Å². The second-order valence-electron chi connectivity index (χ2n) is 9.64. The van der Waals surface area contributed by atoms with Crippen LogP contribution in [0.1, 0.15) is 104 Å². The number of carbonyl (C=O) groups excluding carboxylic acids is 4. The number of unbranched alkanes of at least 4 members (excludes halogenated alkanes) is 6. The van der Waals surface area contributed by atoms with Gasteiger partial charge in [-0.2, -0.15) is 0 Å². The zero-order chi connectivity index (χ0) is 28.4. The molecule has 2 atom stereocenters. The molecule has 10 heteroatoms. The van der Waals surface area contributed by atoms with Crippen molar-refractivity contribution in [3.63, 3.8) is 0 Å². The zero-order valence-corrected chi connectivity index (χ0v) is 23.5. The molecule has 0 unspecified atom stereocenters. The minimum absolute atomic E-state index is 0.00375. The highest BCUT2D eigenvalue weighted by atomic mass is 16.6. The highest BCUT2D eigenvalue weighted by molar-refractivity contribution is 5.73. The Morgan fingerprint density at radius 3 is 1.26 bits per heavy atom. The predicted molar refractivity (Wildman–Crippen MR) is 141 cm³/mol. The largest absolute Gasteiger partial charge is 0.466 e. The van der Waals surface area contributed by atoms with Crippen molar-refractivity contribution >= 4 is 23.9 Å². The predicted octanol–water partition coefficient (Wildman–Crippen LogP) is 3.88. The van der Waals surface area contributed by atoms with E-state index in [9.17, 15) is 19.2 Å². The van der Waals surface area contributed by atoms with Crippen molar-refractivity contribution in [3.05, 3.63) is 0 Å². The SMILES string of the molecule is C[C@@H](CCCCOC(=O)CCCCCO)C(=O)OCCOC(=O)[C@@H](C)CCCCOC(=O)CCCCCO. The van der Waals surface area contributed by atoms with Crippen LogP contribution in [-0.4, -0.2) is 73.7 Å². The highest BCUT2D eigenvalue weighted by Gasteiger charge is 2.17. The van der Waals surface area contributed by atoms with Crippen LogP contribution in [0.4, 0.5) is 0 Å². The summed E-state index contributed by atoms with van der Waals surface area (Å²) in [6.07, 6.45) is 9.15. The molecule has 0 aromatic heterocycles. The molecule has 0 spiro atoms. The van der Waals surface area contributed by atoms with E-state index in [0.29, 0.717) is 77.4 Å². The first-order valence-electron chi connectivity index (χ1n) is 14.2. The van der Waals surface area contributed by atoms with Gasteiger partial charge < -0.3 is 29.2 Å². The lowest BCUT2D eigenvalue weighted by Gasteiger charge is -2.13. The van der Waals surface area contributed by atoms with Gasteiger partial charge in [0.1, 0.15) is 13.2 Å². The topological polar surface area (TPSA) is 146 Å². The van der Waals surface area contributed by atoms with Crippen molar-refractivity contribution in [2.75, 3.05) is 39.6 Å². The van der Waals surface area contributed by atoms with Crippen LogP contribution >= 0.6 is 0 Å². The summed E-state index contributed by atoms with van der Waals surface area (Å²) in [5.41, 5.74) is 0. The van der Waals surface area contributed by atoms with Gasteiger partial charge in [0.05, 0.1) is 25.0 Å². The first kappa shape index (κ1) is 35.8. The van der Waals surface area contributed by atoms with Gasteiger partial charge in [-0.15, -0.1) is 0 Å². The number of ether oxygens (including phenoxy) is 4. The molecule has 0 bridgehead atoms. The van der Waals surface area contributed by atoms with Gasteiger partial charge in [0.25, 0.3) is 0 Å². The second kappa shape index (κ2) is 25.1. The lowest BCUT2D eigenvalue weighted by Crippen LogP contribution is -2.21. The fourth-order valence-electron chi connectivity index (χ4n) is 3.54. The smallest absolute Gasteiger partial charge is 0.308 e. The highest BCUT2D eigenvalue weighted by Crippen LogP contribution is 2.12. The van der Waals surface area contributed by atoms with Crippen molar-refractivity contribution in [1.29, 1.82) is 0 Å². The molecule has 0 fully saturated rings. The Morgan fingerprint density at radius 2 is 0.895 bits per heavy atom. The molecule has 0 saturated carbocycles. The summed E-state index contributed by atoms with van der Waals surface area (Å²) in [7, 11) is 0. The maximum absolute atomic E-state index is 12.1. The van der Waals surface area contributed by atoms with Crippen molar-refractivity contribution in [3.8, 4) is 0 Å². The van der Waals surface area contributed by atoms with E-state index in [-0.39, 0.29) is 62.1 Å². The molecule has 0 aliphatic rings.